The number of aliphatic hydroxyl groups excluding tert-OH is 1. The fraction of sp³-hybridized carbons (Fsp3) is 0.909. The van der Waals surface area contributed by atoms with E-state index in [0.29, 0.717) is 6.54 Å². The summed E-state index contributed by atoms with van der Waals surface area (Å²) in [5.74, 6) is 0.0900. The third-order valence-electron chi connectivity index (χ3n) is 3.26. The Morgan fingerprint density at radius 3 is 2.53 bits per heavy atom. The molecule has 1 saturated carbocycles. The van der Waals surface area contributed by atoms with Gasteiger partial charge in [-0.05, 0) is 30.6 Å². The van der Waals surface area contributed by atoms with Crippen molar-refractivity contribution in [2.24, 2.45) is 17.1 Å². The highest BCUT2D eigenvalue weighted by molar-refractivity contribution is 5.81. The van der Waals surface area contributed by atoms with Crippen LogP contribution < -0.4 is 11.1 Å². The molecule has 4 N–H and O–H groups in total. The second-order valence-corrected chi connectivity index (χ2v) is 4.96. The van der Waals surface area contributed by atoms with E-state index >= 15 is 0 Å². The molecule has 0 spiro atoms. The third kappa shape index (κ3) is 3.47. The smallest absolute Gasteiger partial charge is 0.237 e. The van der Waals surface area contributed by atoms with Crippen LogP contribution in [0.1, 0.15) is 33.1 Å². The standard InChI is InChI=1S/C11H22N2O2/c1-8(2)9(12)10(15)13-7-11(3-4-11)5-6-14/h8-9,14H,3-7,12H2,1-2H3,(H,13,15)/t9-/m0/s1. The lowest BCUT2D eigenvalue weighted by atomic mass is 10.0. The van der Waals surface area contributed by atoms with Crippen molar-refractivity contribution in [3.8, 4) is 0 Å². The van der Waals surface area contributed by atoms with Gasteiger partial charge in [-0.3, -0.25) is 4.79 Å². The maximum atomic E-state index is 11.6. The number of nitrogens with one attached hydrogen (secondary N) is 1. The number of hydrogen-bond acceptors (Lipinski definition) is 3. The van der Waals surface area contributed by atoms with Gasteiger partial charge in [0, 0.05) is 13.2 Å². The van der Waals surface area contributed by atoms with E-state index in [1.807, 2.05) is 13.8 Å². The molecule has 15 heavy (non-hydrogen) atoms. The molecule has 0 aliphatic heterocycles. The largest absolute Gasteiger partial charge is 0.396 e. The summed E-state index contributed by atoms with van der Waals surface area (Å²) in [7, 11) is 0. The molecule has 0 unspecified atom stereocenters. The summed E-state index contributed by atoms with van der Waals surface area (Å²) in [6.07, 6.45) is 2.99. The maximum absolute atomic E-state index is 11.6. The van der Waals surface area contributed by atoms with Crippen LogP contribution in [0.25, 0.3) is 0 Å². The Hall–Kier alpha value is -0.610. The first kappa shape index (κ1) is 12.5. The highest BCUT2D eigenvalue weighted by atomic mass is 16.3. The summed E-state index contributed by atoms with van der Waals surface area (Å²) >= 11 is 0. The molecule has 0 aromatic heterocycles. The van der Waals surface area contributed by atoms with E-state index in [1.54, 1.807) is 0 Å². The maximum Gasteiger partial charge on any atom is 0.237 e. The zero-order valence-electron chi connectivity index (χ0n) is 9.62. The van der Waals surface area contributed by atoms with Crippen molar-refractivity contribution < 1.29 is 9.90 Å². The SMILES string of the molecule is CC(C)[C@H](N)C(=O)NCC1(CCO)CC1. The Labute approximate surface area is 91.2 Å². The second-order valence-electron chi connectivity index (χ2n) is 4.96. The Morgan fingerprint density at radius 2 is 2.13 bits per heavy atom. The van der Waals surface area contributed by atoms with E-state index in [-0.39, 0.29) is 23.8 Å². The van der Waals surface area contributed by atoms with Gasteiger partial charge >= 0.3 is 0 Å². The summed E-state index contributed by atoms with van der Waals surface area (Å²) in [6.45, 7) is 4.73. The summed E-state index contributed by atoms with van der Waals surface area (Å²) in [6, 6.07) is -0.421. The molecule has 1 fully saturated rings. The predicted molar refractivity (Wildman–Crippen MR) is 59.2 cm³/mol. The number of rotatable bonds is 6. The van der Waals surface area contributed by atoms with Crippen LogP contribution in [0, 0.1) is 11.3 Å². The molecule has 4 nitrogen and oxygen atoms in total. The molecule has 1 amide bonds. The lowest BCUT2D eigenvalue weighted by Gasteiger charge is -2.19. The number of nitrogens with two attached hydrogens (primary N) is 1. The lowest BCUT2D eigenvalue weighted by molar-refractivity contribution is -0.123. The Bertz CT molecular complexity index is 225. The van der Waals surface area contributed by atoms with Crippen molar-refractivity contribution in [2.75, 3.05) is 13.2 Å². The first-order chi connectivity index (χ1) is 7.01. The average molecular weight is 214 g/mol. The van der Waals surface area contributed by atoms with Crippen LogP contribution in [0.4, 0.5) is 0 Å². The minimum atomic E-state index is -0.421. The highest BCUT2D eigenvalue weighted by Gasteiger charge is 2.42. The number of amides is 1. The van der Waals surface area contributed by atoms with Crippen molar-refractivity contribution in [1.82, 2.24) is 5.32 Å². The van der Waals surface area contributed by atoms with Gasteiger partial charge < -0.3 is 16.2 Å². The minimum absolute atomic E-state index is 0.0748. The molecular weight excluding hydrogens is 192 g/mol. The van der Waals surface area contributed by atoms with Crippen LogP contribution >= 0.6 is 0 Å². The number of carbonyl (C=O) groups excluding carboxylic acids is 1. The molecule has 1 atom stereocenters. The fourth-order valence-electron chi connectivity index (χ4n) is 1.62. The molecule has 1 aliphatic carbocycles. The molecule has 0 radical (unpaired) electrons. The lowest BCUT2D eigenvalue weighted by Crippen LogP contribution is -2.45. The van der Waals surface area contributed by atoms with Crippen molar-refractivity contribution >= 4 is 5.91 Å². The molecule has 0 heterocycles. The summed E-state index contributed by atoms with van der Waals surface area (Å²) < 4.78 is 0. The molecule has 88 valence electrons. The van der Waals surface area contributed by atoms with Crippen molar-refractivity contribution in [2.45, 2.75) is 39.2 Å². The van der Waals surface area contributed by atoms with Gasteiger partial charge in [-0.25, -0.2) is 0 Å². The number of hydrogen-bond donors (Lipinski definition) is 3. The zero-order chi connectivity index (χ0) is 11.5. The third-order valence-corrected chi connectivity index (χ3v) is 3.26. The number of carbonyl (C=O) groups is 1. The van der Waals surface area contributed by atoms with Crippen molar-refractivity contribution in [1.29, 1.82) is 0 Å². The molecule has 0 saturated heterocycles. The fourth-order valence-corrected chi connectivity index (χ4v) is 1.62. The molecule has 0 bridgehead atoms. The van der Waals surface area contributed by atoms with Gasteiger partial charge in [-0.15, -0.1) is 0 Å². The molecule has 0 aromatic carbocycles. The molecular formula is C11H22N2O2. The highest BCUT2D eigenvalue weighted by Crippen LogP contribution is 2.47. The van der Waals surface area contributed by atoms with E-state index in [4.69, 9.17) is 10.8 Å². The van der Waals surface area contributed by atoms with Gasteiger partial charge in [0.2, 0.25) is 5.91 Å². The minimum Gasteiger partial charge on any atom is -0.396 e. The first-order valence-corrected chi connectivity index (χ1v) is 5.65. The van der Waals surface area contributed by atoms with Crippen molar-refractivity contribution in [3.63, 3.8) is 0 Å². The van der Waals surface area contributed by atoms with Crippen molar-refractivity contribution in [3.05, 3.63) is 0 Å². The number of aliphatic hydroxyl groups is 1. The summed E-state index contributed by atoms with van der Waals surface area (Å²) in [5, 5.41) is 11.7. The van der Waals surface area contributed by atoms with E-state index in [9.17, 15) is 4.79 Å². The van der Waals surface area contributed by atoms with Gasteiger partial charge in [0.25, 0.3) is 0 Å². The van der Waals surface area contributed by atoms with E-state index in [1.165, 1.54) is 0 Å². The Balaban J connectivity index is 2.28. The van der Waals surface area contributed by atoms with E-state index in [0.717, 1.165) is 19.3 Å². The van der Waals surface area contributed by atoms with Gasteiger partial charge in [0.15, 0.2) is 0 Å². The quantitative estimate of drug-likeness (QED) is 0.593. The van der Waals surface area contributed by atoms with Gasteiger partial charge in [0.1, 0.15) is 0 Å². The van der Waals surface area contributed by atoms with E-state index < -0.39 is 6.04 Å². The molecule has 4 heteroatoms. The molecule has 0 aromatic rings. The normalized spacial score (nSPS) is 20.1. The van der Waals surface area contributed by atoms with E-state index in [2.05, 4.69) is 5.32 Å². The molecule has 1 aliphatic rings. The van der Waals surface area contributed by atoms with Crippen LogP contribution in [0.3, 0.4) is 0 Å². The Kier molecular flexibility index (Phi) is 4.11. The zero-order valence-corrected chi connectivity index (χ0v) is 9.62. The summed E-state index contributed by atoms with van der Waals surface area (Å²) in [5.41, 5.74) is 5.89. The second kappa shape index (κ2) is 4.94. The van der Waals surface area contributed by atoms with Crippen LogP contribution in [0.5, 0.6) is 0 Å². The first-order valence-electron chi connectivity index (χ1n) is 5.65. The van der Waals surface area contributed by atoms with Gasteiger partial charge in [-0.2, -0.15) is 0 Å². The predicted octanol–water partition coefficient (Wildman–Crippen LogP) is 0.248. The average Bonchev–Trinajstić information content (AvgIpc) is 2.94. The monoisotopic (exact) mass is 214 g/mol. The topological polar surface area (TPSA) is 75.4 Å². The van der Waals surface area contributed by atoms with Crippen LogP contribution in [-0.4, -0.2) is 30.2 Å². The van der Waals surface area contributed by atoms with Gasteiger partial charge in [-0.1, -0.05) is 13.8 Å². The molecule has 1 rings (SSSR count). The Morgan fingerprint density at radius 1 is 1.53 bits per heavy atom. The van der Waals surface area contributed by atoms with Crippen LogP contribution in [0.15, 0.2) is 0 Å². The van der Waals surface area contributed by atoms with Gasteiger partial charge in [0.05, 0.1) is 6.04 Å². The van der Waals surface area contributed by atoms with Crippen LogP contribution in [-0.2, 0) is 4.79 Å². The summed E-state index contributed by atoms with van der Waals surface area (Å²) in [4.78, 5) is 11.6. The van der Waals surface area contributed by atoms with Crippen LogP contribution in [0.2, 0.25) is 0 Å².